The molecule has 1 aliphatic heterocycles. The lowest BCUT2D eigenvalue weighted by Gasteiger charge is -2.47. The van der Waals surface area contributed by atoms with E-state index in [1.165, 1.54) is 12.0 Å². The van der Waals surface area contributed by atoms with Gasteiger partial charge in [-0.05, 0) is 55.4 Å². The maximum atomic E-state index is 13.9. The number of carbonyl (C=O) groups excluding carboxylic acids is 2. The molecule has 2 fully saturated rings. The Morgan fingerprint density at radius 2 is 1.71 bits per heavy atom. The van der Waals surface area contributed by atoms with Gasteiger partial charge in [0.15, 0.2) is 0 Å². The third kappa shape index (κ3) is 4.79. The van der Waals surface area contributed by atoms with Gasteiger partial charge in [0.1, 0.15) is 5.54 Å². The first-order valence-corrected chi connectivity index (χ1v) is 11.9. The van der Waals surface area contributed by atoms with Gasteiger partial charge in [0, 0.05) is 24.0 Å². The second-order valence-corrected chi connectivity index (χ2v) is 9.25. The standard InChI is InChI=1S/C26H31ClN2O2/c27-22-15-13-21(14-16-22)26(25(31)28-23-10-5-2-6-11-23)18-7-12-24(30)29(26)19-17-20-8-3-1-4-9-20/h1,3-4,8-9,13-16,23H,2,5-7,10-12,17-19H2,(H,28,31)/t26-/m1/s1. The molecular weight excluding hydrogens is 408 g/mol. The highest BCUT2D eigenvalue weighted by Crippen LogP contribution is 2.40. The van der Waals surface area contributed by atoms with E-state index in [0.29, 0.717) is 30.8 Å². The number of rotatable bonds is 6. The van der Waals surface area contributed by atoms with E-state index in [1.54, 1.807) is 0 Å². The van der Waals surface area contributed by atoms with Gasteiger partial charge in [-0.2, -0.15) is 0 Å². The maximum absolute atomic E-state index is 13.9. The molecule has 2 amide bonds. The molecule has 1 aliphatic carbocycles. The van der Waals surface area contributed by atoms with Gasteiger partial charge in [0.25, 0.3) is 5.91 Å². The third-order valence-corrected chi connectivity index (χ3v) is 7.05. The van der Waals surface area contributed by atoms with Crippen molar-refractivity contribution in [2.45, 2.75) is 69.4 Å². The molecule has 1 N–H and O–H groups in total. The molecule has 0 spiro atoms. The highest BCUT2D eigenvalue weighted by Gasteiger charge is 2.50. The molecule has 4 nitrogen and oxygen atoms in total. The van der Waals surface area contributed by atoms with Crippen molar-refractivity contribution in [3.8, 4) is 0 Å². The molecule has 2 aromatic carbocycles. The Kier molecular flexibility index (Phi) is 6.96. The van der Waals surface area contributed by atoms with Crippen molar-refractivity contribution in [3.05, 3.63) is 70.7 Å². The summed E-state index contributed by atoms with van der Waals surface area (Å²) in [6, 6.07) is 17.8. The summed E-state index contributed by atoms with van der Waals surface area (Å²) in [6.45, 7) is 0.517. The van der Waals surface area contributed by atoms with Crippen LogP contribution in [0, 0.1) is 0 Å². The van der Waals surface area contributed by atoms with Crippen molar-refractivity contribution >= 4 is 23.4 Å². The maximum Gasteiger partial charge on any atom is 0.250 e. The Balaban J connectivity index is 1.67. The number of likely N-dealkylation sites (tertiary alicyclic amines) is 1. The first-order valence-electron chi connectivity index (χ1n) is 11.5. The highest BCUT2D eigenvalue weighted by atomic mass is 35.5. The summed E-state index contributed by atoms with van der Waals surface area (Å²) >= 11 is 6.16. The van der Waals surface area contributed by atoms with E-state index in [9.17, 15) is 9.59 Å². The van der Waals surface area contributed by atoms with Crippen LogP contribution in [0.4, 0.5) is 0 Å². The number of amides is 2. The SMILES string of the molecule is O=C1CCC[C@](C(=O)NC2CCCCC2)(c2ccc(Cl)cc2)N1CCc1ccccc1. The van der Waals surface area contributed by atoms with Crippen molar-refractivity contribution in [1.29, 1.82) is 0 Å². The largest absolute Gasteiger partial charge is 0.351 e. The lowest BCUT2D eigenvalue weighted by Crippen LogP contribution is -2.62. The summed E-state index contributed by atoms with van der Waals surface area (Å²) in [5.41, 5.74) is 1.04. The average Bonchev–Trinajstić information content (AvgIpc) is 2.80. The fraction of sp³-hybridized carbons (Fsp3) is 0.462. The van der Waals surface area contributed by atoms with Gasteiger partial charge in [0.2, 0.25) is 5.91 Å². The Morgan fingerprint density at radius 3 is 2.42 bits per heavy atom. The van der Waals surface area contributed by atoms with Gasteiger partial charge < -0.3 is 10.2 Å². The van der Waals surface area contributed by atoms with E-state index in [-0.39, 0.29) is 17.9 Å². The predicted octanol–water partition coefficient (Wildman–Crippen LogP) is 5.24. The van der Waals surface area contributed by atoms with Crippen molar-refractivity contribution in [3.63, 3.8) is 0 Å². The zero-order valence-corrected chi connectivity index (χ0v) is 18.7. The van der Waals surface area contributed by atoms with Gasteiger partial charge in [-0.3, -0.25) is 9.59 Å². The molecule has 1 saturated heterocycles. The molecule has 1 saturated carbocycles. The van der Waals surface area contributed by atoms with E-state index >= 15 is 0 Å². The van der Waals surface area contributed by atoms with Crippen LogP contribution in [0.1, 0.15) is 62.5 Å². The predicted molar refractivity (Wildman–Crippen MR) is 124 cm³/mol. The van der Waals surface area contributed by atoms with Crippen LogP contribution in [0.25, 0.3) is 0 Å². The molecule has 4 rings (SSSR count). The van der Waals surface area contributed by atoms with Crippen LogP contribution >= 0.6 is 11.6 Å². The van der Waals surface area contributed by atoms with Crippen LogP contribution in [-0.4, -0.2) is 29.3 Å². The average molecular weight is 439 g/mol. The normalized spacial score (nSPS) is 22.4. The topological polar surface area (TPSA) is 49.4 Å². The van der Waals surface area contributed by atoms with E-state index in [2.05, 4.69) is 17.4 Å². The number of hydrogen-bond acceptors (Lipinski definition) is 2. The third-order valence-electron chi connectivity index (χ3n) is 6.80. The fourth-order valence-corrected chi connectivity index (χ4v) is 5.25. The summed E-state index contributed by atoms with van der Waals surface area (Å²) in [4.78, 5) is 28.9. The minimum Gasteiger partial charge on any atom is -0.351 e. The monoisotopic (exact) mass is 438 g/mol. The molecule has 0 radical (unpaired) electrons. The number of nitrogens with zero attached hydrogens (tertiary/aromatic N) is 1. The van der Waals surface area contributed by atoms with Crippen LogP contribution in [0.15, 0.2) is 54.6 Å². The molecule has 0 bridgehead atoms. The van der Waals surface area contributed by atoms with E-state index in [4.69, 9.17) is 11.6 Å². The van der Waals surface area contributed by atoms with Crippen LogP contribution < -0.4 is 5.32 Å². The van der Waals surface area contributed by atoms with Gasteiger partial charge in [0.05, 0.1) is 0 Å². The zero-order valence-electron chi connectivity index (χ0n) is 18.0. The van der Waals surface area contributed by atoms with Gasteiger partial charge in [-0.1, -0.05) is 73.3 Å². The molecule has 0 aromatic heterocycles. The molecule has 0 unspecified atom stereocenters. The van der Waals surface area contributed by atoms with Crippen molar-refractivity contribution in [2.75, 3.05) is 6.54 Å². The molecular formula is C26H31ClN2O2. The Bertz CT molecular complexity index is 893. The Labute approximate surface area is 190 Å². The number of nitrogens with one attached hydrogen (secondary N) is 1. The lowest BCUT2D eigenvalue weighted by molar-refractivity contribution is -0.154. The van der Waals surface area contributed by atoms with Crippen LogP contribution in [0.2, 0.25) is 5.02 Å². The summed E-state index contributed by atoms with van der Waals surface area (Å²) in [5.74, 6) is 0.0127. The van der Waals surface area contributed by atoms with E-state index < -0.39 is 5.54 Å². The molecule has 2 aliphatic rings. The first-order chi connectivity index (χ1) is 15.1. The Hall–Kier alpha value is -2.33. The van der Waals surface area contributed by atoms with Crippen LogP contribution in [0.3, 0.4) is 0 Å². The molecule has 2 aromatic rings. The summed E-state index contributed by atoms with van der Waals surface area (Å²) in [6.07, 6.45) is 8.11. The van der Waals surface area contributed by atoms with Gasteiger partial charge in [-0.25, -0.2) is 0 Å². The van der Waals surface area contributed by atoms with Crippen molar-refractivity contribution in [1.82, 2.24) is 10.2 Å². The highest BCUT2D eigenvalue weighted by molar-refractivity contribution is 6.30. The molecule has 31 heavy (non-hydrogen) atoms. The molecule has 5 heteroatoms. The number of hydrogen-bond donors (Lipinski definition) is 1. The number of halogens is 1. The summed E-state index contributed by atoms with van der Waals surface area (Å²) in [5, 5.41) is 3.95. The lowest BCUT2D eigenvalue weighted by atomic mass is 9.78. The minimum atomic E-state index is -0.980. The smallest absolute Gasteiger partial charge is 0.250 e. The molecule has 164 valence electrons. The van der Waals surface area contributed by atoms with E-state index in [1.807, 2.05) is 47.4 Å². The number of piperidine rings is 1. The zero-order chi connectivity index (χ0) is 21.7. The van der Waals surface area contributed by atoms with Crippen LogP contribution in [0.5, 0.6) is 0 Å². The Morgan fingerprint density at radius 1 is 1.00 bits per heavy atom. The van der Waals surface area contributed by atoms with Crippen molar-refractivity contribution in [2.24, 2.45) is 0 Å². The number of carbonyl (C=O) groups is 2. The van der Waals surface area contributed by atoms with Gasteiger partial charge in [-0.15, -0.1) is 0 Å². The summed E-state index contributed by atoms with van der Waals surface area (Å²) in [7, 11) is 0. The van der Waals surface area contributed by atoms with Crippen LogP contribution in [-0.2, 0) is 21.5 Å². The second kappa shape index (κ2) is 9.86. The fourth-order valence-electron chi connectivity index (χ4n) is 5.12. The first kappa shape index (κ1) is 21.9. The van der Waals surface area contributed by atoms with E-state index in [0.717, 1.165) is 37.7 Å². The summed E-state index contributed by atoms with van der Waals surface area (Å²) < 4.78 is 0. The van der Waals surface area contributed by atoms with Gasteiger partial charge >= 0.3 is 0 Å². The second-order valence-electron chi connectivity index (χ2n) is 8.81. The minimum absolute atomic E-state index is 0.0390. The quantitative estimate of drug-likeness (QED) is 0.670. The van der Waals surface area contributed by atoms with Crippen molar-refractivity contribution < 1.29 is 9.59 Å². The number of benzene rings is 2. The molecule has 1 heterocycles. The molecule has 1 atom stereocenters.